The van der Waals surface area contributed by atoms with Gasteiger partial charge in [0.05, 0.1) is 16.2 Å². The number of nitrogens with one attached hydrogen (secondary N) is 3. The van der Waals surface area contributed by atoms with Crippen LogP contribution < -0.4 is 14.8 Å². The molecule has 192 valence electrons. The van der Waals surface area contributed by atoms with E-state index in [9.17, 15) is 17.6 Å². The minimum atomic E-state index is -3.81. The third-order valence-corrected chi connectivity index (χ3v) is 7.44. The number of halogens is 2. The van der Waals surface area contributed by atoms with Gasteiger partial charge in [-0.15, -0.1) is 0 Å². The van der Waals surface area contributed by atoms with Crippen LogP contribution in [0.15, 0.2) is 66.7 Å². The minimum absolute atomic E-state index is 0.107. The summed E-state index contributed by atoms with van der Waals surface area (Å²) >= 11 is 5.80. The summed E-state index contributed by atoms with van der Waals surface area (Å²) < 4.78 is 45.4. The highest BCUT2D eigenvalue weighted by molar-refractivity contribution is 7.90. The maximum absolute atomic E-state index is 13.4. The SMILES string of the molecule is Cn1nc2cc(NS(=O)(=O)NC3CN(Cc4ccccc4)C3)ccc2c1C(=O)Nc1ccc(F)c(Cl)c1. The number of carbonyl (C=O) groups excluding carboxylic acids is 1. The third-order valence-electron chi connectivity index (χ3n) is 6.01. The van der Waals surface area contributed by atoms with Crippen molar-refractivity contribution in [2.24, 2.45) is 7.05 Å². The van der Waals surface area contributed by atoms with Gasteiger partial charge in [0.25, 0.3) is 16.1 Å². The van der Waals surface area contributed by atoms with Crippen molar-refractivity contribution in [3.63, 3.8) is 0 Å². The lowest BCUT2D eigenvalue weighted by Crippen LogP contribution is -2.59. The summed E-state index contributed by atoms with van der Waals surface area (Å²) in [6, 6.07) is 18.5. The fourth-order valence-electron chi connectivity index (χ4n) is 4.32. The first kappa shape index (κ1) is 25.2. The molecule has 3 aromatic carbocycles. The fraction of sp³-hybridized carbons (Fsp3) is 0.200. The Morgan fingerprint density at radius 2 is 1.81 bits per heavy atom. The van der Waals surface area contributed by atoms with Gasteiger partial charge in [0, 0.05) is 43.8 Å². The molecule has 1 fully saturated rings. The van der Waals surface area contributed by atoms with E-state index in [0.29, 0.717) is 35.4 Å². The van der Waals surface area contributed by atoms with Crippen molar-refractivity contribution in [3.05, 3.63) is 88.8 Å². The number of amides is 1. The Morgan fingerprint density at radius 1 is 1.08 bits per heavy atom. The smallest absolute Gasteiger partial charge is 0.299 e. The zero-order valence-corrected chi connectivity index (χ0v) is 21.4. The lowest BCUT2D eigenvalue weighted by Gasteiger charge is -2.39. The number of rotatable bonds is 8. The Bertz CT molecular complexity index is 1570. The van der Waals surface area contributed by atoms with Gasteiger partial charge in [0.1, 0.15) is 11.5 Å². The van der Waals surface area contributed by atoms with E-state index in [-0.39, 0.29) is 16.8 Å². The molecule has 1 aromatic heterocycles. The van der Waals surface area contributed by atoms with E-state index in [0.717, 1.165) is 12.6 Å². The van der Waals surface area contributed by atoms with Crippen molar-refractivity contribution in [1.29, 1.82) is 0 Å². The van der Waals surface area contributed by atoms with Crippen LogP contribution in [0.1, 0.15) is 16.1 Å². The second-order valence-corrected chi connectivity index (χ2v) is 10.7. The molecule has 1 saturated heterocycles. The molecule has 0 spiro atoms. The Labute approximate surface area is 218 Å². The summed E-state index contributed by atoms with van der Waals surface area (Å²) in [4.78, 5) is 15.0. The van der Waals surface area contributed by atoms with Crippen LogP contribution in [0.5, 0.6) is 0 Å². The molecule has 2 heterocycles. The highest BCUT2D eigenvalue weighted by atomic mass is 35.5. The number of likely N-dealkylation sites (tertiary alicyclic amines) is 1. The number of nitrogens with zero attached hydrogens (tertiary/aromatic N) is 3. The molecule has 0 saturated carbocycles. The molecule has 4 aromatic rings. The molecule has 1 aliphatic rings. The second kappa shape index (κ2) is 10.1. The highest BCUT2D eigenvalue weighted by Crippen LogP contribution is 2.25. The molecule has 0 unspecified atom stereocenters. The average molecular weight is 543 g/mol. The van der Waals surface area contributed by atoms with Gasteiger partial charge in [-0.25, -0.2) is 4.39 Å². The van der Waals surface area contributed by atoms with Crippen molar-refractivity contribution >= 4 is 50.0 Å². The van der Waals surface area contributed by atoms with Crippen LogP contribution in [0.2, 0.25) is 5.02 Å². The zero-order chi connectivity index (χ0) is 26.2. The van der Waals surface area contributed by atoms with Gasteiger partial charge >= 0.3 is 0 Å². The van der Waals surface area contributed by atoms with Crippen molar-refractivity contribution in [2.45, 2.75) is 12.6 Å². The maximum Gasteiger partial charge on any atom is 0.299 e. The van der Waals surface area contributed by atoms with Gasteiger partial charge in [-0.1, -0.05) is 41.9 Å². The Balaban J connectivity index is 1.23. The number of hydrogen-bond donors (Lipinski definition) is 3. The van der Waals surface area contributed by atoms with Crippen molar-refractivity contribution < 1.29 is 17.6 Å². The number of fused-ring (bicyclic) bond motifs is 1. The molecule has 1 amide bonds. The molecule has 0 aliphatic carbocycles. The predicted octanol–water partition coefficient (Wildman–Crippen LogP) is 3.75. The summed E-state index contributed by atoms with van der Waals surface area (Å²) in [7, 11) is -2.20. The quantitative estimate of drug-likeness (QED) is 0.314. The molecule has 5 rings (SSSR count). The number of carbonyl (C=O) groups is 1. The molecular weight excluding hydrogens is 519 g/mol. The van der Waals surface area contributed by atoms with E-state index in [1.807, 2.05) is 30.3 Å². The standard InChI is InChI=1S/C25H24ClFN6O3S/c1-32-24(25(34)28-17-8-10-22(27)21(26)11-17)20-9-7-18(12-23(20)29-32)30-37(35,36)31-19-14-33(15-19)13-16-5-3-2-4-6-16/h2-12,19,30-31H,13-15H2,1H3,(H,28,34). The number of aryl methyl sites for hydroxylation is 1. The van der Waals surface area contributed by atoms with Gasteiger partial charge in [-0.2, -0.15) is 18.2 Å². The van der Waals surface area contributed by atoms with Crippen molar-refractivity contribution in [2.75, 3.05) is 23.1 Å². The third kappa shape index (κ3) is 5.75. The zero-order valence-electron chi connectivity index (χ0n) is 19.8. The summed E-state index contributed by atoms with van der Waals surface area (Å²) in [5.74, 6) is -1.05. The van der Waals surface area contributed by atoms with Crippen LogP contribution in [0.3, 0.4) is 0 Å². The van der Waals surface area contributed by atoms with Gasteiger partial charge in [0.2, 0.25) is 0 Å². The second-order valence-electron chi connectivity index (χ2n) is 8.89. The van der Waals surface area contributed by atoms with E-state index in [2.05, 4.69) is 24.8 Å². The van der Waals surface area contributed by atoms with Crippen LogP contribution in [-0.2, 0) is 23.8 Å². The van der Waals surface area contributed by atoms with E-state index in [4.69, 9.17) is 11.6 Å². The first-order valence-electron chi connectivity index (χ1n) is 11.5. The number of anilines is 2. The van der Waals surface area contributed by atoms with Crippen LogP contribution >= 0.6 is 11.6 Å². The first-order valence-corrected chi connectivity index (χ1v) is 13.3. The lowest BCUT2D eigenvalue weighted by atomic mass is 10.1. The molecule has 3 N–H and O–H groups in total. The summed E-state index contributed by atoms with van der Waals surface area (Å²) in [6.07, 6.45) is 0. The average Bonchev–Trinajstić information content (AvgIpc) is 3.15. The summed E-state index contributed by atoms with van der Waals surface area (Å²) in [6.45, 7) is 2.01. The lowest BCUT2D eigenvalue weighted by molar-refractivity contribution is 0.101. The van der Waals surface area contributed by atoms with E-state index in [1.165, 1.54) is 22.4 Å². The van der Waals surface area contributed by atoms with Gasteiger partial charge in [-0.3, -0.25) is 19.1 Å². The highest BCUT2D eigenvalue weighted by Gasteiger charge is 2.30. The predicted molar refractivity (Wildman–Crippen MR) is 141 cm³/mol. The van der Waals surface area contributed by atoms with Gasteiger partial charge in [0.15, 0.2) is 0 Å². The molecule has 0 bridgehead atoms. The van der Waals surface area contributed by atoms with Gasteiger partial charge < -0.3 is 5.32 Å². The van der Waals surface area contributed by atoms with E-state index in [1.54, 1.807) is 25.2 Å². The number of benzene rings is 3. The first-order chi connectivity index (χ1) is 17.7. The molecule has 0 radical (unpaired) electrons. The van der Waals surface area contributed by atoms with Crippen LogP contribution in [0, 0.1) is 5.82 Å². The number of hydrogen-bond acceptors (Lipinski definition) is 5. The topological polar surface area (TPSA) is 108 Å². The monoisotopic (exact) mass is 542 g/mol. The van der Waals surface area contributed by atoms with Crippen molar-refractivity contribution in [3.8, 4) is 0 Å². The minimum Gasteiger partial charge on any atom is -0.321 e. The maximum atomic E-state index is 13.4. The summed E-state index contributed by atoms with van der Waals surface area (Å²) in [5.41, 5.74) is 2.52. The van der Waals surface area contributed by atoms with E-state index < -0.39 is 21.9 Å². The molecule has 37 heavy (non-hydrogen) atoms. The normalized spacial score (nSPS) is 14.5. The molecule has 0 atom stereocenters. The van der Waals surface area contributed by atoms with Crippen LogP contribution in [0.4, 0.5) is 15.8 Å². The summed E-state index contributed by atoms with van der Waals surface area (Å²) in [5, 5.41) is 7.44. The van der Waals surface area contributed by atoms with Crippen molar-refractivity contribution in [1.82, 2.24) is 19.4 Å². The molecule has 1 aliphatic heterocycles. The molecule has 12 heteroatoms. The van der Waals surface area contributed by atoms with E-state index >= 15 is 0 Å². The Morgan fingerprint density at radius 3 is 2.54 bits per heavy atom. The van der Waals surface area contributed by atoms with Gasteiger partial charge in [-0.05, 0) is 42.0 Å². The largest absolute Gasteiger partial charge is 0.321 e. The Hall–Kier alpha value is -3.51. The molecular formula is C25H24ClFN6O3S. The molecule has 9 nitrogen and oxygen atoms in total. The van der Waals surface area contributed by atoms with Crippen LogP contribution in [0.25, 0.3) is 10.9 Å². The van der Waals surface area contributed by atoms with Crippen LogP contribution in [-0.4, -0.2) is 48.1 Å². The number of aromatic nitrogens is 2. The fourth-order valence-corrected chi connectivity index (χ4v) is 5.58. The Kier molecular flexibility index (Phi) is 6.86.